The van der Waals surface area contributed by atoms with Crippen LogP contribution in [0, 0.1) is 0 Å². The smallest absolute Gasteiger partial charge is 0.416 e. The molecule has 1 aliphatic heterocycles. The third-order valence-electron chi connectivity index (χ3n) is 6.69. The largest absolute Gasteiger partial charge is 0.494 e. The van der Waals surface area contributed by atoms with E-state index in [0.29, 0.717) is 38.4 Å². The zero-order chi connectivity index (χ0) is 25.2. The van der Waals surface area contributed by atoms with E-state index in [-0.39, 0.29) is 23.2 Å². The van der Waals surface area contributed by atoms with Crippen molar-refractivity contribution >= 4 is 12.1 Å². The molecule has 3 aromatic heterocycles. The van der Waals surface area contributed by atoms with Crippen molar-refractivity contribution in [1.82, 2.24) is 24.3 Å². The van der Waals surface area contributed by atoms with Gasteiger partial charge in [-0.2, -0.15) is 0 Å². The van der Waals surface area contributed by atoms with Gasteiger partial charge in [-0.15, -0.1) is 0 Å². The number of amides is 1. The van der Waals surface area contributed by atoms with E-state index in [1.54, 1.807) is 17.0 Å². The van der Waals surface area contributed by atoms with E-state index < -0.39 is 12.1 Å². The van der Waals surface area contributed by atoms with E-state index in [1.165, 1.54) is 29.1 Å². The predicted molar refractivity (Wildman–Crippen MR) is 128 cm³/mol. The summed E-state index contributed by atoms with van der Waals surface area (Å²) in [6, 6.07) is 6.40. The van der Waals surface area contributed by atoms with Crippen molar-refractivity contribution in [3.63, 3.8) is 0 Å². The molecule has 0 unspecified atom stereocenters. The molecule has 0 atom stereocenters. The van der Waals surface area contributed by atoms with Crippen LogP contribution in [0.1, 0.15) is 40.0 Å². The van der Waals surface area contributed by atoms with Gasteiger partial charge >= 0.3 is 12.1 Å². The lowest BCUT2D eigenvalue weighted by atomic mass is 9.95. The number of fused-ring (bicyclic) bond motifs is 1. The van der Waals surface area contributed by atoms with E-state index in [4.69, 9.17) is 9.84 Å². The molecule has 2 aliphatic rings. The lowest BCUT2D eigenvalue weighted by Crippen LogP contribution is -2.49. The average molecular weight is 494 g/mol. The van der Waals surface area contributed by atoms with E-state index in [0.717, 1.165) is 42.5 Å². The summed E-state index contributed by atoms with van der Waals surface area (Å²) >= 11 is 0. The molecule has 1 saturated heterocycles. The highest BCUT2D eigenvalue weighted by Crippen LogP contribution is 2.40. The standard InChI is InChI=1S/C25H27N5O6/c31-22-19-3-1-2-4-20(19)23(32)30(22)18-7-8-21(27-14-18)36-25(35)29-11-9-28(10-12-29)15-17-6-5-16(13-26-17)24(33)34/h5-8,13-14,31-32H,1-4,9-12,15H2,(H,33,34). The Labute approximate surface area is 207 Å². The minimum atomic E-state index is -1.01. The summed E-state index contributed by atoms with van der Waals surface area (Å²) in [4.78, 5) is 35.7. The van der Waals surface area contributed by atoms with Crippen LogP contribution in [-0.2, 0) is 19.4 Å². The predicted octanol–water partition coefficient (Wildman–Crippen LogP) is 2.57. The second-order valence-electron chi connectivity index (χ2n) is 8.98. The molecule has 36 heavy (non-hydrogen) atoms. The zero-order valence-electron chi connectivity index (χ0n) is 19.6. The number of aromatic nitrogens is 3. The number of piperazine rings is 1. The number of carboxylic acids is 1. The number of aromatic hydroxyl groups is 2. The van der Waals surface area contributed by atoms with Crippen LogP contribution in [0.3, 0.4) is 0 Å². The first-order valence-corrected chi connectivity index (χ1v) is 11.9. The molecule has 188 valence electrons. The number of ether oxygens (including phenoxy) is 1. The molecule has 0 saturated carbocycles. The molecule has 11 heteroatoms. The molecule has 3 aromatic rings. The van der Waals surface area contributed by atoms with Crippen LogP contribution in [-0.4, -0.2) is 77.9 Å². The van der Waals surface area contributed by atoms with Gasteiger partial charge in [0.1, 0.15) is 0 Å². The van der Waals surface area contributed by atoms with Gasteiger partial charge in [-0.05, 0) is 43.9 Å². The highest BCUT2D eigenvalue weighted by atomic mass is 16.6. The summed E-state index contributed by atoms with van der Waals surface area (Å²) in [5.41, 5.74) is 2.95. The molecule has 0 aromatic carbocycles. The van der Waals surface area contributed by atoms with Crippen molar-refractivity contribution in [2.75, 3.05) is 26.2 Å². The van der Waals surface area contributed by atoms with Crippen molar-refractivity contribution in [3.8, 4) is 23.3 Å². The van der Waals surface area contributed by atoms with Crippen molar-refractivity contribution in [3.05, 3.63) is 59.0 Å². The van der Waals surface area contributed by atoms with Crippen molar-refractivity contribution in [2.24, 2.45) is 0 Å². The number of hydrogen-bond acceptors (Lipinski definition) is 8. The van der Waals surface area contributed by atoms with Gasteiger partial charge in [-0.25, -0.2) is 19.1 Å². The van der Waals surface area contributed by atoms with Crippen LogP contribution in [0.15, 0.2) is 36.7 Å². The third-order valence-corrected chi connectivity index (χ3v) is 6.69. The second kappa shape index (κ2) is 9.86. The van der Waals surface area contributed by atoms with Crippen molar-refractivity contribution < 1.29 is 29.6 Å². The molecule has 0 radical (unpaired) electrons. The monoisotopic (exact) mass is 493 g/mol. The van der Waals surface area contributed by atoms with Gasteiger partial charge in [-0.3, -0.25) is 9.88 Å². The number of hydrogen-bond donors (Lipinski definition) is 3. The van der Waals surface area contributed by atoms with Gasteiger partial charge < -0.3 is 25.0 Å². The average Bonchev–Trinajstić information content (AvgIpc) is 3.15. The van der Waals surface area contributed by atoms with Crippen LogP contribution in [0.4, 0.5) is 4.79 Å². The Hall–Kier alpha value is -4.12. The molecule has 5 rings (SSSR count). The van der Waals surface area contributed by atoms with Crippen LogP contribution >= 0.6 is 0 Å². The summed E-state index contributed by atoms with van der Waals surface area (Å²) in [5.74, 6) is -0.825. The third kappa shape index (κ3) is 4.69. The summed E-state index contributed by atoms with van der Waals surface area (Å²) in [6.07, 6.45) is 5.70. The van der Waals surface area contributed by atoms with E-state index in [9.17, 15) is 19.8 Å². The Morgan fingerprint density at radius 1 is 0.889 bits per heavy atom. The molecular formula is C25H27N5O6. The molecule has 1 amide bonds. The Morgan fingerprint density at radius 3 is 2.14 bits per heavy atom. The molecule has 11 nitrogen and oxygen atoms in total. The van der Waals surface area contributed by atoms with Gasteiger partial charge in [-0.1, -0.05) is 0 Å². The van der Waals surface area contributed by atoms with E-state index >= 15 is 0 Å². The molecular weight excluding hydrogens is 466 g/mol. The first kappa shape index (κ1) is 23.6. The van der Waals surface area contributed by atoms with Crippen LogP contribution in [0.5, 0.6) is 17.6 Å². The number of nitrogens with zero attached hydrogens (tertiary/aromatic N) is 5. The van der Waals surface area contributed by atoms with Crippen molar-refractivity contribution in [2.45, 2.75) is 32.2 Å². The highest BCUT2D eigenvalue weighted by Gasteiger charge is 2.26. The maximum Gasteiger partial charge on any atom is 0.416 e. The van der Waals surface area contributed by atoms with Crippen LogP contribution in [0.25, 0.3) is 5.69 Å². The number of carboxylic acid groups (broad SMARTS) is 1. The first-order valence-electron chi connectivity index (χ1n) is 11.9. The number of carbonyl (C=O) groups excluding carboxylic acids is 1. The van der Waals surface area contributed by atoms with E-state index in [1.807, 2.05) is 0 Å². The molecule has 1 fully saturated rings. The number of pyridine rings is 2. The number of aromatic carboxylic acids is 1. The molecule has 0 bridgehead atoms. The normalized spacial score (nSPS) is 15.9. The maximum atomic E-state index is 12.6. The molecule has 3 N–H and O–H groups in total. The maximum absolute atomic E-state index is 12.6. The topological polar surface area (TPSA) is 141 Å². The quantitative estimate of drug-likeness (QED) is 0.489. The fourth-order valence-corrected chi connectivity index (χ4v) is 4.69. The first-order chi connectivity index (χ1) is 17.4. The number of carbonyl (C=O) groups is 2. The molecule has 0 spiro atoms. The molecule has 1 aliphatic carbocycles. The van der Waals surface area contributed by atoms with Crippen molar-refractivity contribution in [1.29, 1.82) is 0 Å². The van der Waals surface area contributed by atoms with Gasteiger partial charge in [0.2, 0.25) is 17.6 Å². The second-order valence-corrected chi connectivity index (χ2v) is 8.98. The summed E-state index contributed by atoms with van der Waals surface area (Å²) in [7, 11) is 0. The molecule has 4 heterocycles. The highest BCUT2D eigenvalue weighted by molar-refractivity contribution is 5.87. The number of rotatable bonds is 5. The minimum absolute atomic E-state index is 0.0274. The van der Waals surface area contributed by atoms with Gasteiger partial charge in [0.25, 0.3) is 0 Å². The zero-order valence-corrected chi connectivity index (χ0v) is 19.6. The minimum Gasteiger partial charge on any atom is -0.494 e. The fraction of sp³-hybridized carbons (Fsp3) is 0.360. The Bertz CT molecular complexity index is 1230. The summed E-state index contributed by atoms with van der Waals surface area (Å²) in [6.45, 7) is 2.76. The van der Waals surface area contributed by atoms with Crippen LogP contribution in [0.2, 0.25) is 0 Å². The van der Waals surface area contributed by atoms with Gasteiger partial charge in [0.15, 0.2) is 0 Å². The van der Waals surface area contributed by atoms with E-state index in [2.05, 4.69) is 14.9 Å². The van der Waals surface area contributed by atoms with Gasteiger partial charge in [0.05, 0.1) is 23.1 Å². The summed E-state index contributed by atoms with van der Waals surface area (Å²) < 4.78 is 6.80. The summed E-state index contributed by atoms with van der Waals surface area (Å²) in [5, 5.41) is 30.2. The Kier molecular flexibility index (Phi) is 6.47. The fourth-order valence-electron chi connectivity index (χ4n) is 4.69. The Balaban J connectivity index is 1.16. The lowest BCUT2D eigenvalue weighted by molar-refractivity contribution is 0.0696. The Morgan fingerprint density at radius 2 is 1.58 bits per heavy atom. The SMILES string of the molecule is O=C(O)c1ccc(CN2CCN(C(=O)Oc3ccc(-n4c(O)c5c(c4O)CCCC5)cn3)CC2)nc1. The van der Waals surface area contributed by atoms with Gasteiger partial charge in [0, 0.05) is 56.1 Å². The lowest BCUT2D eigenvalue weighted by Gasteiger charge is -2.33. The van der Waals surface area contributed by atoms with Crippen LogP contribution < -0.4 is 4.74 Å².